The first-order chi connectivity index (χ1) is 7.96. The van der Waals surface area contributed by atoms with Crippen LogP contribution >= 0.6 is 0 Å². The van der Waals surface area contributed by atoms with Gasteiger partial charge in [-0.25, -0.2) is 4.99 Å². The largest absolute Gasteiger partial charge is 0.381 e. The Bertz CT molecular complexity index is 327. The van der Waals surface area contributed by atoms with Crippen molar-refractivity contribution in [1.29, 1.82) is 0 Å². The van der Waals surface area contributed by atoms with E-state index in [1.54, 1.807) is 0 Å². The fourth-order valence-corrected chi connectivity index (χ4v) is 2.19. The number of hydrogen-bond donors (Lipinski definition) is 2. The molecule has 0 aromatic rings. The van der Waals surface area contributed by atoms with Crippen LogP contribution in [-0.4, -0.2) is 36.7 Å². The molecule has 2 N–H and O–H groups in total. The van der Waals surface area contributed by atoms with Crippen molar-refractivity contribution in [3.8, 4) is 0 Å². The zero-order valence-corrected chi connectivity index (χ0v) is 10.7. The van der Waals surface area contributed by atoms with Gasteiger partial charge in [0.15, 0.2) is 5.96 Å². The van der Waals surface area contributed by atoms with Crippen LogP contribution in [0.3, 0.4) is 0 Å². The number of aliphatic imine (C=N–C) groups is 1. The molecular weight excluding hydrogens is 218 g/mol. The molecule has 1 fully saturated rings. The van der Waals surface area contributed by atoms with Crippen molar-refractivity contribution >= 4 is 11.9 Å². The number of nitrogens with zero attached hydrogens (tertiary/aromatic N) is 1. The minimum absolute atomic E-state index is 0.0173. The summed E-state index contributed by atoms with van der Waals surface area (Å²) in [4.78, 5) is 16.3. The Hall–Kier alpha value is -1.10. The van der Waals surface area contributed by atoms with Gasteiger partial charge in [0.05, 0.1) is 0 Å². The Labute approximate surface area is 102 Å². The van der Waals surface area contributed by atoms with Gasteiger partial charge in [-0.3, -0.25) is 10.1 Å². The smallest absolute Gasteiger partial charge is 0.251 e. The normalized spacial score (nSPS) is 26.6. The van der Waals surface area contributed by atoms with Crippen LogP contribution in [-0.2, 0) is 9.53 Å². The Morgan fingerprint density at radius 1 is 1.35 bits per heavy atom. The van der Waals surface area contributed by atoms with Crippen LogP contribution in [0.5, 0.6) is 0 Å². The molecule has 0 saturated carbocycles. The summed E-state index contributed by atoms with van der Waals surface area (Å²) in [5.74, 6) is 0.950. The summed E-state index contributed by atoms with van der Waals surface area (Å²) in [6.45, 7) is 7.62. The number of carbonyl (C=O) groups excluding carboxylic acids is 1. The molecule has 17 heavy (non-hydrogen) atoms. The molecule has 0 aromatic heterocycles. The third-order valence-electron chi connectivity index (χ3n) is 2.98. The SMILES string of the molecule is CC(C)(C)NC1=NC(C2CCOCC2)C(=O)N1. The lowest BCUT2D eigenvalue weighted by Gasteiger charge is -2.23. The highest BCUT2D eigenvalue weighted by molar-refractivity contribution is 6.05. The van der Waals surface area contributed by atoms with E-state index in [0.29, 0.717) is 11.9 Å². The molecule has 5 heteroatoms. The van der Waals surface area contributed by atoms with E-state index in [-0.39, 0.29) is 17.5 Å². The van der Waals surface area contributed by atoms with E-state index >= 15 is 0 Å². The predicted molar refractivity (Wildman–Crippen MR) is 65.8 cm³/mol. The third kappa shape index (κ3) is 3.19. The van der Waals surface area contributed by atoms with Gasteiger partial charge in [-0.2, -0.15) is 0 Å². The molecule has 0 radical (unpaired) electrons. The van der Waals surface area contributed by atoms with Crippen molar-refractivity contribution < 1.29 is 9.53 Å². The molecule has 96 valence electrons. The zero-order chi connectivity index (χ0) is 12.5. The molecule has 2 aliphatic rings. The number of amides is 1. The number of ether oxygens (including phenoxy) is 1. The van der Waals surface area contributed by atoms with Gasteiger partial charge in [-0.1, -0.05) is 0 Å². The summed E-state index contributed by atoms with van der Waals surface area (Å²) in [7, 11) is 0. The van der Waals surface area contributed by atoms with Crippen molar-refractivity contribution in [1.82, 2.24) is 10.6 Å². The van der Waals surface area contributed by atoms with Crippen LogP contribution in [0, 0.1) is 5.92 Å². The monoisotopic (exact) mass is 239 g/mol. The topological polar surface area (TPSA) is 62.7 Å². The molecule has 0 bridgehead atoms. The van der Waals surface area contributed by atoms with Crippen molar-refractivity contribution in [2.75, 3.05) is 13.2 Å². The van der Waals surface area contributed by atoms with Crippen molar-refractivity contribution in [2.45, 2.75) is 45.2 Å². The van der Waals surface area contributed by atoms with E-state index in [2.05, 4.69) is 15.6 Å². The van der Waals surface area contributed by atoms with E-state index < -0.39 is 0 Å². The molecule has 2 rings (SSSR count). The van der Waals surface area contributed by atoms with Gasteiger partial charge < -0.3 is 10.1 Å². The molecule has 1 amide bonds. The lowest BCUT2D eigenvalue weighted by Crippen LogP contribution is -2.47. The number of guanidine groups is 1. The van der Waals surface area contributed by atoms with Gasteiger partial charge in [0.1, 0.15) is 6.04 Å². The van der Waals surface area contributed by atoms with E-state index in [1.807, 2.05) is 20.8 Å². The first-order valence-corrected chi connectivity index (χ1v) is 6.20. The second-order valence-corrected chi connectivity index (χ2v) is 5.74. The Morgan fingerprint density at radius 3 is 2.59 bits per heavy atom. The van der Waals surface area contributed by atoms with Crippen LogP contribution in [0.15, 0.2) is 4.99 Å². The van der Waals surface area contributed by atoms with E-state index in [1.165, 1.54) is 0 Å². The second-order valence-electron chi connectivity index (χ2n) is 5.74. The fraction of sp³-hybridized carbons (Fsp3) is 0.833. The first-order valence-electron chi connectivity index (χ1n) is 6.20. The van der Waals surface area contributed by atoms with Gasteiger partial charge in [0.25, 0.3) is 5.91 Å². The van der Waals surface area contributed by atoms with Gasteiger partial charge in [-0.05, 0) is 39.5 Å². The Kier molecular flexibility index (Phi) is 3.38. The van der Waals surface area contributed by atoms with E-state index in [0.717, 1.165) is 26.1 Å². The molecule has 5 nitrogen and oxygen atoms in total. The van der Waals surface area contributed by atoms with Gasteiger partial charge in [0.2, 0.25) is 0 Å². The maximum Gasteiger partial charge on any atom is 0.251 e. The summed E-state index contributed by atoms with van der Waals surface area (Å²) in [5, 5.41) is 6.02. The molecule has 2 heterocycles. The Balaban J connectivity index is 2.00. The average Bonchev–Trinajstić information content (AvgIpc) is 2.58. The summed E-state index contributed by atoms with van der Waals surface area (Å²) in [6.07, 6.45) is 1.84. The molecule has 2 aliphatic heterocycles. The zero-order valence-electron chi connectivity index (χ0n) is 10.7. The van der Waals surface area contributed by atoms with Gasteiger partial charge in [-0.15, -0.1) is 0 Å². The standard InChI is InChI=1S/C12H21N3O2/c1-12(2,3)15-11-13-9(10(16)14-11)8-4-6-17-7-5-8/h8-9H,4-7H2,1-3H3,(H2,13,14,15,16). The number of rotatable bonds is 1. The van der Waals surface area contributed by atoms with Crippen LogP contribution < -0.4 is 10.6 Å². The summed E-state index contributed by atoms with van der Waals surface area (Å²) in [5.41, 5.74) is -0.0866. The lowest BCUT2D eigenvalue weighted by atomic mass is 9.92. The molecule has 1 atom stereocenters. The number of carbonyl (C=O) groups is 1. The van der Waals surface area contributed by atoms with Crippen molar-refractivity contribution in [3.05, 3.63) is 0 Å². The number of nitrogens with one attached hydrogen (secondary N) is 2. The van der Waals surface area contributed by atoms with Crippen LogP contribution in [0.25, 0.3) is 0 Å². The van der Waals surface area contributed by atoms with E-state index in [4.69, 9.17) is 4.74 Å². The lowest BCUT2D eigenvalue weighted by molar-refractivity contribution is -0.121. The molecule has 1 unspecified atom stereocenters. The summed E-state index contributed by atoms with van der Waals surface area (Å²) >= 11 is 0. The molecule has 1 saturated heterocycles. The van der Waals surface area contributed by atoms with E-state index in [9.17, 15) is 4.79 Å². The molecule has 0 aromatic carbocycles. The quantitative estimate of drug-likeness (QED) is 0.706. The van der Waals surface area contributed by atoms with Crippen molar-refractivity contribution in [3.63, 3.8) is 0 Å². The van der Waals surface area contributed by atoms with Gasteiger partial charge in [0, 0.05) is 18.8 Å². The molecule has 0 aliphatic carbocycles. The number of hydrogen-bond acceptors (Lipinski definition) is 4. The van der Waals surface area contributed by atoms with Crippen molar-refractivity contribution in [2.24, 2.45) is 10.9 Å². The van der Waals surface area contributed by atoms with Crippen LogP contribution in [0.1, 0.15) is 33.6 Å². The summed E-state index contributed by atoms with van der Waals surface area (Å²) < 4.78 is 5.31. The molecule has 0 spiro atoms. The van der Waals surface area contributed by atoms with Gasteiger partial charge >= 0.3 is 0 Å². The summed E-state index contributed by atoms with van der Waals surface area (Å²) in [6, 6.07) is -0.233. The van der Waals surface area contributed by atoms with Crippen LogP contribution in [0.2, 0.25) is 0 Å². The molecular formula is C12H21N3O2. The highest BCUT2D eigenvalue weighted by Gasteiger charge is 2.35. The first kappa shape index (κ1) is 12.4. The average molecular weight is 239 g/mol. The highest BCUT2D eigenvalue weighted by Crippen LogP contribution is 2.23. The highest BCUT2D eigenvalue weighted by atomic mass is 16.5. The maximum absolute atomic E-state index is 11.9. The Morgan fingerprint density at radius 2 is 2.00 bits per heavy atom. The van der Waals surface area contributed by atoms with Crippen LogP contribution in [0.4, 0.5) is 0 Å². The third-order valence-corrected chi connectivity index (χ3v) is 2.98. The minimum atomic E-state index is -0.233. The second kappa shape index (κ2) is 4.64. The predicted octanol–water partition coefficient (Wildman–Crippen LogP) is 0.655. The maximum atomic E-state index is 11.9. The minimum Gasteiger partial charge on any atom is -0.381 e. The fourth-order valence-electron chi connectivity index (χ4n) is 2.19.